The van der Waals surface area contributed by atoms with Crippen LogP contribution in [0.5, 0.6) is 0 Å². The molecule has 0 radical (unpaired) electrons. The molecule has 1 saturated heterocycles. The van der Waals surface area contributed by atoms with Crippen molar-refractivity contribution in [3.05, 3.63) is 29.6 Å². The summed E-state index contributed by atoms with van der Waals surface area (Å²) < 4.78 is 17.8. The molecule has 1 aliphatic heterocycles. The van der Waals surface area contributed by atoms with Crippen LogP contribution >= 0.6 is 0 Å². The van der Waals surface area contributed by atoms with Crippen LogP contribution in [0.25, 0.3) is 0 Å². The number of aromatic nitrogens is 1. The van der Waals surface area contributed by atoms with Gasteiger partial charge in [0.05, 0.1) is 18.8 Å². The van der Waals surface area contributed by atoms with E-state index in [1.54, 1.807) is 0 Å². The van der Waals surface area contributed by atoms with Crippen molar-refractivity contribution in [1.82, 2.24) is 10.3 Å². The fourth-order valence-electron chi connectivity index (χ4n) is 5.26. The molecule has 1 aromatic heterocycles. The molecule has 2 fully saturated rings. The summed E-state index contributed by atoms with van der Waals surface area (Å²) in [5, 5.41) is 34.7. The lowest BCUT2D eigenvalue weighted by atomic mass is 9.84. The number of rotatable bonds is 8. The molecule has 35 heavy (non-hydrogen) atoms. The molecule has 11 atom stereocenters. The number of fused-ring (bicyclic) bond motifs is 1. The van der Waals surface area contributed by atoms with E-state index in [0.29, 0.717) is 25.6 Å². The summed E-state index contributed by atoms with van der Waals surface area (Å²) in [5.41, 5.74) is 26.6. The van der Waals surface area contributed by atoms with Crippen LogP contribution in [0.3, 0.4) is 0 Å². The second-order valence-electron chi connectivity index (χ2n) is 9.83. The van der Waals surface area contributed by atoms with E-state index in [-0.39, 0.29) is 6.54 Å². The monoisotopic (exact) mass is 496 g/mol. The summed E-state index contributed by atoms with van der Waals surface area (Å²) in [4.78, 5) is 4.44. The third-order valence-corrected chi connectivity index (χ3v) is 7.36. The van der Waals surface area contributed by atoms with Crippen molar-refractivity contribution < 1.29 is 29.5 Å². The van der Waals surface area contributed by atoms with Crippen molar-refractivity contribution in [2.45, 2.75) is 92.8 Å². The van der Waals surface area contributed by atoms with Crippen molar-refractivity contribution in [3.63, 3.8) is 0 Å². The van der Waals surface area contributed by atoms with Gasteiger partial charge in [-0.15, -0.1) is 0 Å². The highest BCUT2D eigenvalue weighted by atomic mass is 16.7. The number of nitrogens with one attached hydrogen (secondary N) is 1. The Morgan fingerprint density at radius 1 is 1.09 bits per heavy atom. The van der Waals surface area contributed by atoms with Crippen molar-refractivity contribution in [1.29, 1.82) is 0 Å². The largest absolute Gasteiger partial charge is 0.389 e. The zero-order valence-corrected chi connectivity index (χ0v) is 19.9. The van der Waals surface area contributed by atoms with Gasteiger partial charge in [-0.25, -0.2) is 0 Å². The van der Waals surface area contributed by atoms with Crippen molar-refractivity contribution >= 4 is 0 Å². The number of nitrogens with zero attached hydrogens (tertiary/aromatic N) is 1. The Kier molecular flexibility index (Phi) is 9.05. The summed E-state index contributed by atoms with van der Waals surface area (Å²) >= 11 is 0. The molecule has 12 nitrogen and oxygen atoms in total. The molecule has 4 rings (SSSR count). The number of ether oxygens (including phenoxy) is 3. The first kappa shape index (κ1) is 26.8. The highest BCUT2D eigenvalue weighted by Crippen LogP contribution is 2.28. The molecule has 3 aliphatic rings. The molecule has 1 unspecified atom stereocenters. The lowest BCUT2D eigenvalue weighted by molar-refractivity contribution is -0.291. The van der Waals surface area contributed by atoms with Crippen LogP contribution in [0.4, 0.5) is 0 Å². The van der Waals surface area contributed by atoms with Crippen LogP contribution < -0.4 is 28.3 Å². The fourth-order valence-corrected chi connectivity index (χ4v) is 5.26. The van der Waals surface area contributed by atoms with E-state index in [1.165, 1.54) is 5.56 Å². The minimum atomic E-state index is -1.28. The fraction of sp³-hybridized carbons (Fsp3) is 0.783. The average Bonchev–Trinajstić information content (AvgIpc) is 2.86. The summed E-state index contributed by atoms with van der Waals surface area (Å²) in [6, 6.07) is 2.23. The van der Waals surface area contributed by atoms with Gasteiger partial charge in [-0.05, 0) is 37.3 Å². The Hall–Kier alpha value is -1.29. The van der Waals surface area contributed by atoms with Crippen LogP contribution in [-0.2, 0) is 27.1 Å². The highest BCUT2D eigenvalue weighted by molar-refractivity contribution is 5.23. The molecule has 0 bridgehead atoms. The highest BCUT2D eigenvalue weighted by Gasteiger charge is 2.48. The van der Waals surface area contributed by atoms with Gasteiger partial charge in [0.15, 0.2) is 6.29 Å². The van der Waals surface area contributed by atoms with E-state index in [0.717, 1.165) is 25.0 Å². The number of aryl methyl sites for hydroxylation is 1. The maximum atomic E-state index is 10.8. The predicted octanol–water partition coefficient (Wildman–Crippen LogP) is -3.55. The SMILES string of the molecule is NC[C@H]1O[C@H](O[C@H]2[C@H](OCCNC3CCc4ncccc4C3)[C@@H](O)[C@H](N)C[C@@H]2N)[C@H](N)[C@@H](O)[C@@H]1O. The van der Waals surface area contributed by atoms with Crippen molar-refractivity contribution in [3.8, 4) is 0 Å². The minimum Gasteiger partial charge on any atom is -0.389 e. The van der Waals surface area contributed by atoms with Gasteiger partial charge < -0.3 is 57.8 Å². The van der Waals surface area contributed by atoms with Crippen LogP contribution in [0.15, 0.2) is 18.3 Å². The van der Waals surface area contributed by atoms with E-state index in [2.05, 4.69) is 16.4 Å². The molecule has 12 N–H and O–H groups in total. The predicted molar refractivity (Wildman–Crippen MR) is 127 cm³/mol. The topological polar surface area (TPSA) is 217 Å². The summed E-state index contributed by atoms with van der Waals surface area (Å²) in [6.07, 6.45) is -2.08. The molecule has 0 aromatic carbocycles. The van der Waals surface area contributed by atoms with Gasteiger partial charge in [0.1, 0.15) is 30.5 Å². The molecule has 198 valence electrons. The Balaban J connectivity index is 1.34. The van der Waals surface area contributed by atoms with Gasteiger partial charge in [-0.3, -0.25) is 4.98 Å². The number of hydrogen-bond donors (Lipinski definition) is 8. The number of nitrogens with two attached hydrogens (primary N) is 4. The number of aliphatic hydroxyl groups excluding tert-OH is 3. The zero-order chi connectivity index (χ0) is 25.1. The van der Waals surface area contributed by atoms with Gasteiger partial charge in [0, 0.05) is 43.1 Å². The van der Waals surface area contributed by atoms with E-state index >= 15 is 0 Å². The van der Waals surface area contributed by atoms with E-state index in [1.807, 2.05) is 12.3 Å². The Labute approximate surface area is 205 Å². The van der Waals surface area contributed by atoms with Crippen LogP contribution in [0, 0.1) is 0 Å². The van der Waals surface area contributed by atoms with Crippen molar-refractivity contribution in [2.24, 2.45) is 22.9 Å². The van der Waals surface area contributed by atoms with E-state index in [9.17, 15) is 15.3 Å². The van der Waals surface area contributed by atoms with Crippen LogP contribution in [0.2, 0.25) is 0 Å². The third kappa shape index (κ3) is 6.00. The maximum Gasteiger partial charge on any atom is 0.176 e. The van der Waals surface area contributed by atoms with Gasteiger partial charge in [0.2, 0.25) is 0 Å². The second kappa shape index (κ2) is 11.8. The van der Waals surface area contributed by atoms with Gasteiger partial charge in [0.25, 0.3) is 0 Å². The van der Waals surface area contributed by atoms with Gasteiger partial charge in [-0.1, -0.05) is 6.07 Å². The Bertz CT molecular complexity index is 820. The average molecular weight is 497 g/mol. The van der Waals surface area contributed by atoms with E-state index in [4.69, 9.17) is 37.1 Å². The molecule has 1 aromatic rings. The molecule has 1 saturated carbocycles. The summed E-state index contributed by atoms with van der Waals surface area (Å²) in [7, 11) is 0. The zero-order valence-electron chi connectivity index (χ0n) is 19.9. The van der Waals surface area contributed by atoms with Crippen molar-refractivity contribution in [2.75, 3.05) is 19.7 Å². The minimum absolute atomic E-state index is 0.0255. The Morgan fingerprint density at radius 2 is 1.89 bits per heavy atom. The summed E-state index contributed by atoms with van der Waals surface area (Å²) in [6.45, 7) is 0.852. The maximum absolute atomic E-state index is 10.8. The normalized spacial score (nSPS) is 42.0. The smallest absolute Gasteiger partial charge is 0.176 e. The molecule has 2 heterocycles. The first-order valence-corrected chi connectivity index (χ1v) is 12.4. The molecule has 0 amide bonds. The van der Waals surface area contributed by atoms with Gasteiger partial charge in [-0.2, -0.15) is 0 Å². The lowest BCUT2D eigenvalue weighted by Gasteiger charge is -2.46. The molecule has 12 heteroatoms. The second-order valence-corrected chi connectivity index (χ2v) is 9.83. The van der Waals surface area contributed by atoms with Gasteiger partial charge >= 0.3 is 0 Å². The molecule has 2 aliphatic carbocycles. The first-order valence-electron chi connectivity index (χ1n) is 12.4. The Morgan fingerprint density at radius 3 is 2.66 bits per heavy atom. The summed E-state index contributed by atoms with van der Waals surface area (Å²) in [5.74, 6) is 0. The first-order chi connectivity index (χ1) is 16.8. The third-order valence-electron chi connectivity index (χ3n) is 7.36. The molecular formula is C23H40N6O6. The molecular weight excluding hydrogens is 456 g/mol. The van der Waals surface area contributed by atoms with E-state index < -0.39 is 61.0 Å². The van der Waals surface area contributed by atoms with Crippen LogP contribution in [0.1, 0.15) is 24.1 Å². The lowest BCUT2D eigenvalue weighted by Crippen LogP contribution is -2.67. The number of aliphatic hydroxyl groups is 3. The standard InChI is InChI=1S/C23H40N6O6/c24-10-16-19(31)20(32)17(27)23(34-16)35-21-14(26)9-13(25)18(30)22(21)33-7-6-28-12-3-4-15-11(8-12)2-1-5-29-15/h1-2,5,12-14,16-23,28,30-32H,3-4,6-10,24-27H2/t12?,13-,14+,16-,17-,18+,19-,20-,21-,22-,23-/m1/s1. The quantitative estimate of drug-likeness (QED) is 0.164. The number of pyridine rings is 1. The van der Waals surface area contributed by atoms with Crippen LogP contribution in [-0.4, -0.2) is 107 Å². The molecule has 0 spiro atoms. The number of hydrogen-bond acceptors (Lipinski definition) is 12.